The highest BCUT2D eigenvalue weighted by atomic mass is 32.2. The van der Waals surface area contributed by atoms with Gasteiger partial charge in [-0.05, 0) is 43.2 Å². The summed E-state index contributed by atoms with van der Waals surface area (Å²) in [5.74, 6) is 0.303. The summed E-state index contributed by atoms with van der Waals surface area (Å²) in [6.07, 6.45) is 5.67. The SMILES string of the molecule is CN(C1CCC(c2ccc(O)cc2O)CC1)S(=O)(=O)c1cnc[nH]1. The van der Waals surface area contributed by atoms with Crippen molar-refractivity contribution in [3.05, 3.63) is 36.3 Å². The fraction of sp³-hybridized carbons (Fsp3) is 0.438. The van der Waals surface area contributed by atoms with E-state index in [1.54, 1.807) is 19.2 Å². The summed E-state index contributed by atoms with van der Waals surface area (Å²) in [5, 5.41) is 19.5. The van der Waals surface area contributed by atoms with Crippen LogP contribution in [0.25, 0.3) is 0 Å². The summed E-state index contributed by atoms with van der Waals surface area (Å²) < 4.78 is 26.5. The Hall–Kier alpha value is -2.06. The third-order valence-corrected chi connectivity index (χ3v) is 6.63. The second-order valence-corrected chi connectivity index (χ2v) is 8.15. The van der Waals surface area contributed by atoms with E-state index < -0.39 is 10.0 Å². The number of hydrogen-bond acceptors (Lipinski definition) is 5. The van der Waals surface area contributed by atoms with E-state index >= 15 is 0 Å². The summed E-state index contributed by atoms with van der Waals surface area (Å²) in [5.41, 5.74) is 0.810. The van der Waals surface area contributed by atoms with Crippen molar-refractivity contribution >= 4 is 10.0 Å². The smallest absolute Gasteiger partial charge is 0.260 e. The number of aromatic hydroxyl groups is 2. The van der Waals surface area contributed by atoms with E-state index in [9.17, 15) is 18.6 Å². The molecule has 7 nitrogen and oxygen atoms in total. The molecular formula is C16H21N3O4S. The van der Waals surface area contributed by atoms with Crippen LogP contribution in [0.4, 0.5) is 0 Å². The maximum absolute atomic E-state index is 12.5. The maximum Gasteiger partial charge on any atom is 0.260 e. The molecule has 1 aliphatic rings. The van der Waals surface area contributed by atoms with Crippen LogP contribution in [0.2, 0.25) is 0 Å². The first kappa shape index (κ1) is 16.8. The summed E-state index contributed by atoms with van der Waals surface area (Å²) in [7, 11) is -1.96. The van der Waals surface area contributed by atoms with Gasteiger partial charge < -0.3 is 15.2 Å². The number of phenols is 2. The molecule has 0 amide bonds. The summed E-state index contributed by atoms with van der Waals surface area (Å²) >= 11 is 0. The van der Waals surface area contributed by atoms with Gasteiger partial charge in [0, 0.05) is 19.2 Å². The van der Waals surface area contributed by atoms with E-state index in [4.69, 9.17) is 0 Å². The van der Waals surface area contributed by atoms with E-state index in [-0.39, 0.29) is 28.5 Å². The number of nitrogens with zero attached hydrogens (tertiary/aromatic N) is 2. The number of imidazole rings is 1. The Morgan fingerprint density at radius 3 is 2.50 bits per heavy atom. The molecule has 1 heterocycles. The van der Waals surface area contributed by atoms with Crippen LogP contribution in [-0.2, 0) is 10.0 Å². The van der Waals surface area contributed by atoms with Crippen LogP contribution in [-0.4, -0.2) is 46.0 Å². The Kier molecular flexibility index (Phi) is 4.51. The van der Waals surface area contributed by atoms with Crippen LogP contribution in [0.15, 0.2) is 35.7 Å². The Balaban J connectivity index is 1.69. The number of H-pyrrole nitrogens is 1. The number of phenolic OH excluding ortho intramolecular Hbond substituents is 2. The summed E-state index contributed by atoms with van der Waals surface area (Å²) in [6.45, 7) is 0. The number of benzene rings is 1. The van der Waals surface area contributed by atoms with Crippen LogP contribution in [0.1, 0.15) is 37.2 Å². The van der Waals surface area contributed by atoms with Gasteiger partial charge in [-0.2, -0.15) is 4.31 Å². The average molecular weight is 351 g/mol. The van der Waals surface area contributed by atoms with Crippen molar-refractivity contribution in [3.8, 4) is 11.5 Å². The number of aromatic amines is 1. The topological polar surface area (TPSA) is 107 Å². The molecule has 1 saturated carbocycles. The molecule has 1 fully saturated rings. The van der Waals surface area contributed by atoms with Crippen LogP contribution >= 0.6 is 0 Å². The second kappa shape index (κ2) is 6.45. The molecular weight excluding hydrogens is 330 g/mol. The highest BCUT2D eigenvalue weighted by Gasteiger charge is 2.33. The highest BCUT2D eigenvalue weighted by Crippen LogP contribution is 2.39. The molecule has 2 aromatic rings. The largest absolute Gasteiger partial charge is 0.508 e. The molecule has 1 aromatic carbocycles. The predicted octanol–water partition coefficient (Wildman–Crippen LogP) is 2.17. The monoisotopic (exact) mass is 351 g/mol. The molecule has 8 heteroatoms. The van der Waals surface area contributed by atoms with Crippen molar-refractivity contribution in [3.63, 3.8) is 0 Å². The van der Waals surface area contributed by atoms with Gasteiger partial charge in [0.25, 0.3) is 10.0 Å². The minimum atomic E-state index is -3.56. The van der Waals surface area contributed by atoms with Gasteiger partial charge in [-0.3, -0.25) is 0 Å². The zero-order chi connectivity index (χ0) is 17.3. The fourth-order valence-corrected chi connectivity index (χ4v) is 4.67. The standard InChI is InChI=1S/C16H21N3O4S/c1-19(24(22,23)16-9-17-10-18-16)12-4-2-11(3-5-12)14-7-6-13(20)8-15(14)21/h6-12,20-21H,2-5H2,1H3,(H,17,18). The first-order valence-electron chi connectivity index (χ1n) is 7.88. The normalized spacial score (nSPS) is 21.9. The van der Waals surface area contributed by atoms with Crippen LogP contribution in [0.3, 0.4) is 0 Å². The zero-order valence-electron chi connectivity index (χ0n) is 13.4. The maximum atomic E-state index is 12.5. The molecule has 0 atom stereocenters. The molecule has 3 rings (SSSR count). The number of hydrogen-bond donors (Lipinski definition) is 3. The van der Waals surface area contributed by atoms with E-state index in [2.05, 4.69) is 9.97 Å². The molecule has 24 heavy (non-hydrogen) atoms. The van der Waals surface area contributed by atoms with Crippen molar-refractivity contribution in [2.75, 3.05) is 7.05 Å². The van der Waals surface area contributed by atoms with Crippen molar-refractivity contribution in [2.24, 2.45) is 0 Å². The lowest BCUT2D eigenvalue weighted by Crippen LogP contribution is -2.39. The van der Waals surface area contributed by atoms with Gasteiger partial charge >= 0.3 is 0 Å². The molecule has 0 unspecified atom stereocenters. The minimum absolute atomic E-state index is 0.0373. The van der Waals surface area contributed by atoms with Gasteiger partial charge in [0.05, 0.1) is 12.5 Å². The second-order valence-electron chi connectivity index (χ2n) is 6.19. The number of nitrogens with one attached hydrogen (secondary N) is 1. The van der Waals surface area contributed by atoms with Crippen molar-refractivity contribution in [1.82, 2.24) is 14.3 Å². The van der Waals surface area contributed by atoms with Crippen molar-refractivity contribution in [2.45, 2.75) is 42.7 Å². The van der Waals surface area contributed by atoms with Crippen LogP contribution < -0.4 is 0 Å². The van der Waals surface area contributed by atoms with Gasteiger partial charge in [-0.1, -0.05) is 6.07 Å². The quantitative estimate of drug-likeness (QED) is 0.783. The molecule has 3 N–H and O–H groups in total. The summed E-state index contributed by atoms with van der Waals surface area (Å²) in [4.78, 5) is 6.42. The van der Waals surface area contributed by atoms with Crippen LogP contribution in [0.5, 0.6) is 11.5 Å². The average Bonchev–Trinajstić information content (AvgIpc) is 3.10. The van der Waals surface area contributed by atoms with Crippen molar-refractivity contribution < 1.29 is 18.6 Å². The third kappa shape index (κ3) is 3.11. The van der Waals surface area contributed by atoms with Gasteiger partial charge in [0.2, 0.25) is 0 Å². The molecule has 0 saturated heterocycles. The van der Waals surface area contributed by atoms with Gasteiger partial charge in [-0.25, -0.2) is 13.4 Å². The van der Waals surface area contributed by atoms with Crippen molar-refractivity contribution in [1.29, 1.82) is 0 Å². The lowest BCUT2D eigenvalue weighted by Gasteiger charge is -2.34. The molecule has 0 bridgehead atoms. The Morgan fingerprint density at radius 1 is 1.21 bits per heavy atom. The van der Waals surface area contributed by atoms with E-state index in [1.807, 2.05) is 0 Å². The number of rotatable bonds is 4. The number of sulfonamides is 1. The Bertz CT molecular complexity index is 797. The van der Waals surface area contributed by atoms with E-state index in [0.29, 0.717) is 0 Å². The molecule has 1 aromatic heterocycles. The van der Waals surface area contributed by atoms with E-state index in [0.717, 1.165) is 31.2 Å². The Morgan fingerprint density at radius 2 is 1.92 bits per heavy atom. The molecule has 130 valence electrons. The third-order valence-electron chi connectivity index (χ3n) is 4.79. The minimum Gasteiger partial charge on any atom is -0.508 e. The lowest BCUT2D eigenvalue weighted by molar-refractivity contribution is 0.265. The molecule has 0 spiro atoms. The molecule has 0 radical (unpaired) electrons. The lowest BCUT2D eigenvalue weighted by atomic mass is 9.81. The predicted molar refractivity (Wildman–Crippen MR) is 88.3 cm³/mol. The molecule has 0 aliphatic heterocycles. The van der Waals surface area contributed by atoms with Gasteiger partial charge in [-0.15, -0.1) is 0 Å². The van der Waals surface area contributed by atoms with Crippen LogP contribution in [0, 0.1) is 0 Å². The Labute approximate surface area is 141 Å². The van der Waals surface area contributed by atoms with E-state index in [1.165, 1.54) is 22.9 Å². The fourth-order valence-electron chi connectivity index (χ4n) is 3.36. The summed E-state index contributed by atoms with van der Waals surface area (Å²) in [6, 6.07) is 4.57. The highest BCUT2D eigenvalue weighted by molar-refractivity contribution is 7.89. The first-order chi connectivity index (χ1) is 11.4. The zero-order valence-corrected chi connectivity index (χ0v) is 14.2. The number of aromatic nitrogens is 2. The van der Waals surface area contributed by atoms with Gasteiger partial charge in [0.1, 0.15) is 11.5 Å². The first-order valence-corrected chi connectivity index (χ1v) is 9.32. The molecule has 1 aliphatic carbocycles. The van der Waals surface area contributed by atoms with Gasteiger partial charge in [0.15, 0.2) is 5.03 Å².